The molecule has 1 fully saturated rings. The van der Waals surface area contributed by atoms with Gasteiger partial charge in [0.25, 0.3) is 0 Å². The van der Waals surface area contributed by atoms with E-state index < -0.39 is 35.9 Å². The first-order valence-electron chi connectivity index (χ1n) is 6.47. The summed E-state index contributed by atoms with van der Waals surface area (Å²) in [5.74, 6) is -3.50. The molecule has 1 saturated heterocycles. The van der Waals surface area contributed by atoms with E-state index in [9.17, 15) is 32.2 Å². The van der Waals surface area contributed by atoms with Crippen molar-refractivity contribution >= 4 is 5.82 Å². The molecule has 0 aromatic carbocycles. The molecule has 6 nitrogen and oxygen atoms in total. The van der Waals surface area contributed by atoms with Crippen molar-refractivity contribution in [3.05, 3.63) is 23.9 Å². The molecule has 0 spiro atoms. The van der Waals surface area contributed by atoms with E-state index in [4.69, 9.17) is 0 Å². The minimum atomic E-state index is -4.52. The Hall–Kier alpha value is -1.56. The third-order valence-electron chi connectivity index (χ3n) is 3.29. The minimum absolute atomic E-state index is 0.0609. The number of hydrogen-bond acceptors (Lipinski definition) is 6. The molecular weight excluding hydrogens is 329 g/mol. The Bertz CT molecular complexity index is 550. The number of aliphatic hydroxyl groups is 2. The second-order valence-corrected chi connectivity index (χ2v) is 5.07. The predicted octanol–water partition coefficient (Wildman–Crippen LogP) is 1.12. The second kappa shape index (κ2) is 5.82. The van der Waals surface area contributed by atoms with Gasteiger partial charge >= 0.3 is 18.2 Å². The molecular formula is C12H14F5N3O3. The first kappa shape index (κ1) is 17.8. The number of nitrogens with one attached hydrogen (secondary N) is 2. The molecule has 0 aliphatic carbocycles. The van der Waals surface area contributed by atoms with Gasteiger partial charge in [0, 0.05) is 12.7 Å². The van der Waals surface area contributed by atoms with E-state index in [0.717, 1.165) is 12.1 Å². The molecule has 1 aromatic rings. The van der Waals surface area contributed by atoms with E-state index >= 15 is 0 Å². The maximum Gasteiger partial charge on any atom is 0.425 e. The molecule has 23 heavy (non-hydrogen) atoms. The van der Waals surface area contributed by atoms with Gasteiger partial charge in [-0.15, -0.1) is 0 Å². The highest BCUT2D eigenvalue weighted by Crippen LogP contribution is 2.33. The Balaban J connectivity index is 1.98. The summed E-state index contributed by atoms with van der Waals surface area (Å²) in [5, 5.41) is 22.9. The monoisotopic (exact) mass is 343 g/mol. The molecule has 1 aliphatic heterocycles. The predicted molar refractivity (Wildman–Crippen MR) is 67.3 cm³/mol. The van der Waals surface area contributed by atoms with Crippen LogP contribution in [0.4, 0.5) is 27.8 Å². The zero-order chi connectivity index (χ0) is 17.5. The second-order valence-electron chi connectivity index (χ2n) is 5.07. The topological polar surface area (TPSA) is 86.6 Å². The van der Waals surface area contributed by atoms with Crippen molar-refractivity contribution < 1.29 is 36.9 Å². The summed E-state index contributed by atoms with van der Waals surface area (Å²) in [4.78, 5) is 3.55. The number of anilines is 1. The van der Waals surface area contributed by atoms with Gasteiger partial charge in [-0.3, -0.25) is 5.32 Å². The van der Waals surface area contributed by atoms with Crippen molar-refractivity contribution in [1.82, 2.24) is 10.3 Å². The Labute approximate surface area is 127 Å². The zero-order valence-electron chi connectivity index (χ0n) is 11.7. The number of pyridine rings is 1. The van der Waals surface area contributed by atoms with E-state index in [2.05, 4.69) is 15.0 Å². The summed E-state index contributed by atoms with van der Waals surface area (Å²) in [5.41, 5.74) is -0.931. The van der Waals surface area contributed by atoms with Gasteiger partial charge in [-0.05, 0) is 19.1 Å². The molecule has 0 radical (unpaired) electrons. The van der Waals surface area contributed by atoms with Crippen LogP contribution >= 0.6 is 0 Å². The Kier molecular flexibility index (Phi) is 4.50. The fraction of sp³-hybridized carbons (Fsp3) is 0.583. The molecule has 1 aromatic heterocycles. The van der Waals surface area contributed by atoms with Gasteiger partial charge in [0.2, 0.25) is 0 Å². The van der Waals surface area contributed by atoms with Gasteiger partial charge in [0.15, 0.2) is 0 Å². The number of rotatable bonds is 3. The lowest BCUT2D eigenvalue weighted by molar-refractivity contribution is -0.441. The lowest BCUT2D eigenvalue weighted by Crippen LogP contribution is -2.71. The van der Waals surface area contributed by atoms with Gasteiger partial charge in [0.05, 0.1) is 17.7 Å². The van der Waals surface area contributed by atoms with E-state index in [1.807, 2.05) is 5.32 Å². The Morgan fingerprint density at radius 3 is 2.52 bits per heavy atom. The van der Waals surface area contributed by atoms with Crippen LogP contribution < -0.4 is 10.6 Å². The standard InChI is InChI=1S/C12H14F5N3O3/c1-6-8(20-12(21,22)11(16,17)23-6)5-19-9-3-2-7(4-18-9)10(13,14)15/h2-4,6,8,20-22H,5H2,1H3,(H,18,19). The largest absolute Gasteiger partial charge is 0.425 e. The van der Waals surface area contributed by atoms with Crippen molar-refractivity contribution in [2.24, 2.45) is 0 Å². The first-order valence-corrected chi connectivity index (χ1v) is 6.47. The normalized spacial score (nSPS) is 26.8. The number of hydrogen-bond donors (Lipinski definition) is 4. The van der Waals surface area contributed by atoms with Crippen LogP contribution in [0.25, 0.3) is 0 Å². The van der Waals surface area contributed by atoms with E-state index in [0.29, 0.717) is 6.20 Å². The SMILES string of the molecule is CC1OC(F)(F)C(O)(O)NC1CNc1ccc(C(F)(F)F)cn1. The van der Waals surface area contributed by atoms with E-state index in [1.165, 1.54) is 6.92 Å². The zero-order valence-corrected chi connectivity index (χ0v) is 11.7. The minimum Gasteiger partial charge on any atom is -0.368 e. The van der Waals surface area contributed by atoms with Gasteiger partial charge in [-0.25, -0.2) is 4.98 Å². The summed E-state index contributed by atoms with van der Waals surface area (Å²) < 4.78 is 67.8. The molecule has 2 heterocycles. The lowest BCUT2D eigenvalue weighted by Gasteiger charge is -2.42. The lowest BCUT2D eigenvalue weighted by atomic mass is 10.1. The van der Waals surface area contributed by atoms with Crippen LogP contribution in [0, 0.1) is 0 Å². The van der Waals surface area contributed by atoms with Crippen LogP contribution in [0.1, 0.15) is 12.5 Å². The summed E-state index contributed by atoms with van der Waals surface area (Å²) in [7, 11) is 0. The van der Waals surface area contributed by atoms with Crippen molar-refractivity contribution in [3.8, 4) is 0 Å². The third kappa shape index (κ3) is 3.86. The summed E-state index contributed by atoms with van der Waals surface area (Å²) >= 11 is 0. The number of morpholine rings is 1. The van der Waals surface area contributed by atoms with E-state index in [1.54, 1.807) is 0 Å². The van der Waals surface area contributed by atoms with Gasteiger partial charge in [-0.1, -0.05) is 0 Å². The van der Waals surface area contributed by atoms with E-state index in [-0.39, 0.29) is 12.4 Å². The van der Waals surface area contributed by atoms with Gasteiger partial charge in [0.1, 0.15) is 5.82 Å². The molecule has 2 rings (SSSR count). The average molecular weight is 343 g/mol. The fourth-order valence-corrected chi connectivity index (χ4v) is 1.96. The quantitative estimate of drug-likeness (QED) is 0.486. The van der Waals surface area contributed by atoms with Crippen LogP contribution in [0.15, 0.2) is 18.3 Å². The fourth-order valence-electron chi connectivity index (χ4n) is 1.96. The summed E-state index contributed by atoms with van der Waals surface area (Å²) in [6.07, 6.45) is -9.19. The Morgan fingerprint density at radius 1 is 1.35 bits per heavy atom. The average Bonchev–Trinajstić information content (AvgIpc) is 2.40. The van der Waals surface area contributed by atoms with Crippen LogP contribution in [0.5, 0.6) is 0 Å². The number of ether oxygens (including phenoxy) is 1. The molecule has 0 amide bonds. The summed E-state index contributed by atoms with van der Waals surface area (Å²) in [6.45, 7) is 1.14. The number of alkyl halides is 5. The molecule has 1 aliphatic rings. The highest BCUT2D eigenvalue weighted by atomic mass is 19.4. The first-order chi connectivity index (χ1) is 10.4. The maximum atomic E-state index is 13.2. The highest BCUT2D eigenvalue weighted by Gasteiger charge is 2.60. The summed E-state index contributed by atoms with van der Waals surface area (Å²) in [6, 6.07) is 0.922. The maximum absolute atomic E-state index is 13.2. The molecule has 130 valence electrons. The van der Waals surface area contributed by atoms with Crippen molar-refractivity contribution in [2.75, 3.05) is 11.9 Å². The number of halogens is 5. The number of aromatic nitrogens is 1. The highest BCUT2D eigenvalue weighted by molar-refractivity contribution is 5.36. The Morgan fingerprint density at radius 2 is 2.00 bits per heavy atom. The number of nitrogens with zero attached hydrogens (tertiary/aromatic N) is 1. The smallest absolute Gasteiger partial charge is 0.368 e. The van der Waals surface area contributed by atoms with Crippen LogP contribution in [0.3, 0.4) is 0 Å². The van der Waals surface area contributed by atoms with Crippen molar-refractivity contribution in [3.63, 3.8) is 0 Å². The van der Waals surface area contributed by atoms with Gasteiger partial charge in [-0.2, -0.15) is 22.0 Å². The van der Waals surface area contributed by atoms with Crippen molar-refractivity contribution in [2.45, 2.75) is 37.3 Å². The molecule has 0 bridgehead atoms. The van der Waals surface area contributed by atoms with Crippen molar-refractivity contribution in [1.29, 1.82) is 0 Å². The molecule has 11 heteroatoms. The molecule has 2 atom stereocenters. The molecule has 2 unspecified atom stereocenters. The molecule has 4 N–H and O–H groups in total. The van der Waals surface area contributed by atoms with Crippen LogP contribution in [-0.2, 0) is 10.9 Å². The molecule has 0 saturated carbocycles. The van der Waals surface area contributed by atoms with Crippen LogP contribution in [-0.4, -0.2) is 45.9 Å². The third-order valence-corrected chi connectivity index (χ3v) is 3.29. The van der Waals surface area contributed by atoms with Crippen LogP contribution in [0.2, 0.25) is 0 Å². The van der Waals surface area contributed by atoms with Gasteiger partial charge < -0.3 is 20.3 Å².